The first-order valence-electron chi connectivity index (χ1n) is 5.91. The first-order chi connectivity index (χ1) is 9.55. The monoisotopic (exact) mass is 340 g/mol. The van der Waals surface area contributed by atoms with Crippen molar-refractivity contribution in [2.75, 3.05) is 14.2 Å². The Labute approximate surface area is 125 Å². The Balaban J connectivity index is 2.46. The molecule has 0 aliphatic heterocycles. The van der Waals surface area contributed by atoms with E-state index in [9.17, 15) is 9.50 Å². The van der Waals surface area contributed by atoms with Crippen molar-refractivity contribution >= 4 is 15.9 Å². The molecule has 0 aliphatic rings. The predicted molar refractivity (Wildman–Crippen MR) is 77.7 cm³/mol. The molecule has 3 nitrogen and oxygen atoms in total. The first-order valence-corrected chi connectivity index (χ1v) is 6.70. The molecule has 0 radical (unpaired) electrons. The minimum absolute atomic E-state index is 0.405. The van der Waals surface area contributed by atoms with E-state index in [0.717, 1.165) is 0 Å². The van der Waals surface area contributed by atoms with E-state index in [-0.39, 0.29) is 0 Å². The zero-order valence-corrected chi connectivity index (χ0v) is 12.6. The van der Waals surface area contributed by atoms with Gasteiger partial charge in [0.05, 0.1) is 14.2 Å². The molecule has 1 atom stereocenters. The maximum absolute atomic E-state index is 13.3. The fraction of sp³-hybridized carbons (Fsp3) is 0.200. The van der Waals surface area contributed by atoms with Crippen LogP contribution in [0.15, 0.2) is 40.9 Å². The van der Waals surface area contributed by atoms with E-state index in [1.54, 1.807) is 24.3 Å². The lowest BCUT2D eigenvalue weighted by molar-refractivity contribution is 0.218. The first kappa shape index (κ1) is 14.8. The lowest BCUT2D eigenvalue weighted by Crippen LogP contribution is -2.02. The van der Waals surface area contributed by atoms with Gasteiger partial charge in [0, 0.05) is 16.1 Å². The zero-order chi connectivity index (χ0) is 14.7. The smallest absolute Gasteiger partial charge is 0.123 e. The number of hydrogen-bond donors (Lipinski definition) is 1. The van der Waals surface area contributed by atoms with E-state index >= 15 is 0 Å². The third-order valence-corrected chi connectivity index (χ3v) is 3.66. The lowest BCUT2D eigenvalue weighted by Gasteiger charge is -2.15. The summed E-state index contributed by atoms with van der Waals surface area (Å²) in [6.07, 6.45) is -0.982. The van der Waals surface area contributed by atoms with Crippen LogP contribution in [0.5, 0.6) is 11.5 Å². The molecule has 0 bridgehead atoms. The van der Waals surface area contributed by atoms with Crippen molar-refractivity contribution in [2.24, 2.45) is 0 Å². The molecule has 2 aromatic carbocycles. The van der Waals surface area contributed by atoms with Crippen LogP contribution >= 0.6 is 15.9 Å². The fourth-order valence-electron chi connectivity index (χ4n) is 1.89. The number of aliphatic hydroxyl groups is 1. The van der Waals surface area contributed by atoms with Gasteiger partial charge in [-0.25, -0.2) is 4.39 Å². The van der Waals surface area contributed by atoms with E-state index in [1.807, 2.05) is 0 Å². The van der Waals surface area contributed by atoms with Crippen molar-refractivity contribution in [1.29, 1.82) is 0 Å². The molecular weight excluding hydrogens is 327 g/mol. The predicted octanol–water partition coefficient (Wildman–Crippen LogP) is 3.69. The lowest BCUT2D eigenvalue weighted by atomic mass is 10.0. The summed E-state index contributed by atoms with van der Waals surface area (Å²) in [6.45, 7) is 0. The van der Waals surface area contributed by atoms with Gasteiger partial charge in [0.25, 0.3) is 0 Å². The van der Waals surface area contributed by atoms with Crippen LogP contribution < -0.4 is 9.47 Å². The average Bonchev–Trinajstić information content (AvgIpc) is 2.48. The number of ether oxygens (including phenoxy) is 2. The summed E-state index contributed by atoms with van der Waals surface area (Å²) in [6, 6.07) is 9.25. The topological polar surface area (TPSA) is 38.7 Å². The van der Waals surface area contributed by atoms with E-state index in [2.05, 4.69) is 15.9 Å². The quantitative estimate of drug-likeness (QED) is 0.922. The van der Waals surface area contributed by atoms with Gasteiger partial charge in [-0.3, -0.25) is 0 Å². The van der Waals surface area contributed by atoms with Gasteiger partial charge in [0.1, 0.15) is 23.4 Å². The van der Waals surface area contributed by atoms with E-state index < -0.39 is 11.9 Å². The standard InChI is InChI=1S/C15H14BrFO3/c1-19-11-5-9(6-12(8-11)20-2)15(18)13-7-10(17)3-4-14(13)16/h3-8,15,18H,1-2H3. The van der Waals surface area contributed by atoms with Crippen molar-refractivity contribution in [3.63, 3.8) is 0 Å². The summed E-state index contributed by atoms with van der Waals surface area (Å²) in [4.78, 5) is 0. The van der Waals surface area contributed by atoms with Crippen molar-refractivity contribution in [3.8, 4) is 11.5 Å². The molecule has 2 rings (SSSR count). The van der Waals surface area contributed by atoms with Crippen LogP contribution in [-0.2, 0) is 0 Å². The van der Waals surface area contributed by atoms with Crippen LogP contribution in [0, 0.1) is 5.82 Å². The SMILES string of the molecule is COc1cc(OC)cc(C(O)c2cc(F)ccc2Br)c1. The van der Waals surface area contributed by atoms with Crippen LogP contribution in [0.2, 0.25) is 0 Å². The van der Waals surface area contributed by atoms with Crippen LogP contribution in [0.4, 0.5) is 4.39 Å². The molecule has 0 saturated carbocycles. The Bertz CT molecular complexity index is 594. The van der Waals surface area contributed by atoms with Gasteiger partial charge < -0.3 is 14.6 Å². The van der Waals surface area contributed by atoms with Gasteiger partial charge >= 0.3 is 0 Å². The van der Waals surface area contributed by atoms with Crippen molar-refractivity contribution < 1.29 is 19.0 Å². The fourth-order valence-corrected chi connectivity index (χ4v) is 2.35. The maximum atomic E-state index is 13.3. The Morgan fingerprint density at radius 2 is 1.65 bits per heavy atom. The Kier molecular flexibility index (Phi) is 4.62. The summed E-state index contributed by atoms with van der Waals surface area (Å²) >= 11 is 3.31. The molecule has 0 aliphatic carbocycles. The zero-order valence-electron chi connectivity index (χ0n) is 11.1. The van der Waals surface area contributed by atoms with E-state index in [1.165, 1.54) is 26.4 Å². The van der Waals surface area contributed by atoms with Crippen LogP contribution in [0.1, 0.15) is 17.2 Å². The molecular formula is C15H14BrFO3. The number of rotatable bonds is 4. The summed E-state index contributed by atoms with van der Waals surface area (Å²) < 4.78 is 24.3. The molecule has 1 unspecified atom stereocenters. The molecule has 0 spiro atoms. The van der Waals surface area contributed by atoms with Gasteiger partial charge in [-0.2, -0.15) is 0 Å². The molecule has 2 aromatic rings. The molecule has 0 heterocycles. The van der Waals surface area contributed by atoms with Crippen LogP contribution in [0.3, 0.4) is 0 Å². The third kappa shape index (κ3) is 3.11. The minimum Gasteiger partial charge on any atom is -0.497 e. The second-order valence-corrected chi connectivity index (χ2v) is 5.07. The summed E-state index contributed by atoms with van der Waals surface area (Å²) in [5, 5.41) is 10.4. The minimum atomic E-state index is -0.982. The van der Waals surface area contributed by atoms with Gasteiger partial charge in [-0.1, -0.05) is 15.9 Å². The van der Waals surface area contributed by atoms with Gasteiger partial charge in [-0.15, -0.1) is 0 Å². The maximum Gasteiger partial charge on any atom is 0.123 e. The molecule has 0 amide bonds. The van der Waals surface area contributed by atoms with Gasteiger partial charge in [-0.05, 0) is 35.9 Å². The largest absolute Gasteiger partial charge is 0.497 e. The number of halogens is 2. The summed E-state index contributed by atoms with van der Waals surface area (Å²) in [7, 11) is 3.06. The van der Waals surface area contributed by atoms with Gasteiger partial charge in [0.15, 0.2) is 0 Å². The Morgan fingerprint density at radius 1 is 1.05 bits per heavy atom. The second kappa shape index (κ2) is 6.24. The molecule has 1 N–H and O–H groups in total. The molecule has 106 valence electrons. The van der Waals surface area contributed by atoms with E-state index in [4.69, 9.17) is 9.47 Å². The average molecular weight is 341 g/mol. The Morgan fingerprint density at radius 3 is 2.20 bits per heavy atom. The normalized spacial score (nSPS) is 12.1. The molecule has 5 heteroatoms. The highest BCUT2D eigenvalue weighted by molar-refractivity contribution is 9.10. The Hall–Kier alpha value is -1.59. The number of hydrogen-bond acceptors (Lipinski definition) is 3. The third-order valence-electron chi connectivity index (χ3n) is 2.94. The van der Waals surface area contributed by atoms with Crippen LogP contribution in [-0.4, -0.2) is 19.3 Å². The number of benzene rings is 2. The number of aliphatic hydroxyl groups excluding tert-OH is 1. The highest BCUT2D eigenvalue weighted by Crippen LogP contribution is 2.33. The highest BCUT2D eigenvalue weighted by atomic mass is 79.9. The van der Waals surface area contributed by atoms with Crippen molar-refractivity contribution in [3.05, 3.63) is 57.8 Å². The second-order valence-electron chi connectivity index (χ2n) is 4.21. The molecule has 0 fully saturated rings. The summed E-state index contributed by atoms with van der Waals surface area (Å²) in [5.74, 6) is 0.717. The van der Waals surface area contributed by atoms with Crippen molar-refractivity contribution in [2.45, 2.75) is 6.10 Å². The van der Waals surface area contributed by atoms with Crippen LogP contribution in [0.25, 0.3) is 0 Å². The van der Waals surface area contributed by atoms with Crippen molar-refractivity contribution in [1.82, 2.24) is 0 Å². The number of methoxy groups -OCH3 is 2. The van der Waals surface area contributed by atoms with E-state index in [0.29, 0.717) is 27.1 Å². The molecule has 0 aromatic heterocycles. The molecule has 20 heavy (non-hydrogen) atoms. The van der Waals surface area contributed by atoms with Gasteiger partial charge in [0.2, 0.25) is 0 Å². The molecule has 0 saturated heterocycles. The highest BCUT2D eigenvalue weighted by Gasteiger charge is 2.16. The summed E-state index contributed by atoms with van der Waals surface area (Å²) in [5.41, 5.74) is 1.01.